The molecule has 1 heterocycles. The molecule has 1 unspecified atom stereocenters. The lowest BCUT2D eigenvalue weighted by molar-refractivity contribution is 0.0963. The minimum atomic E-state index is -3.53. The molecule has 0 aliphatic carbocycles. The standard InChI is InChI=1S/C14H20N2O5S/c1-2-3-8-15-22(19,20)13-6-4-11(5-7-13)16-9-12(10-17)21-14(16)18/h4-7,12,15,17H,2-3,8-10H2,1H3. The highest BCUT2D eigenvalue weighted by atomic mass is 32.2. The number of nitrogens with zero attached hydrogens (tertiary/aromatic N) is 1. The van der Waals surface area contributed by atoms with Crippen LogP contribution in [0.5, 0.6) is 0 Å². The molecular weight excluding hydrogens is 308 g/mol. The molecule has 1 saturated heterocycles. The number of nitrogens with one attached hydrogen (secondary N) is 1. The number of carbonyl (C=O) groups excluding carboxylic acids is 1. The van der Waals surface area contributed by atoms with E-state index >= 15 is 0 Å². The third-order valence-electron chi connectivity index (χ3n) is 3.36. The zero-order valence-electron chi connectivity index (χ0n) is 12.4. The normalized spacial score (nSPS) is 18.5. The second-order valence-electron chi connectivity index (χ2n) is 5.04. The number of hydrogen-bond donors (Lipinski definition) is 2. The van der Waals surface area contributed by atoms with Crippen LogP contribution in [0.1, 0.15) is 19.8 Å². The number of benzene rings is 1. The van der Waals surface area contributed by atoms with Gasteiger partial charge >= 0.3 is 6.09 Å². The van der Waals surface area contributed by atoms with Crippen molar-refractivity contribution < 1.29 is 23.1 Å². The van der Waals surface area contributed by atoms with Gasteiger partial charge in [-0.1, -0.05) is 13.3 Å². The van der Waals surface area contributed by atoms with Crippen LogP contribution in [0.4, 0.5) is 10.5 Å². The number of amides is 1. The molecule has 1 amide bonds. The van der Waals surface area contributed by atoms with E-state index in [1.54, 1.807) is 12.1 Å². The zero-order valence-corrected chi connectivity index (χ0v) is 13.2. The third kappa shape index (κ3) is 3.76. The summed E-state index contributed by atoms with van der Waals surface area (Å²) in [6, 6.07) is 6.00. The molecule has 1 aromatic carbocycles. The Kier molecular flexibility index (Phi) is 5.38. The van der Waals surface area contributed by atoms with Crippen LogP contribution in [0.25, 0.3) is 0 Å². The molecule has 1 fully saturated rings. The number of hydrogen-bond acceptors (Lipinski definition) is 5. The maximum Gasteiger partial charge on any atom is 0.414 e. The number of carbonyl (C=O) groups is 1. The number of unbranched alkanes of at least 4 members (excludes halogenated alkanes) is 1. The Morgan fingerprint density at radius 2 is 2.05 bits per heavy atom. The van der Waals surface area contributed by atoms with Crippen molar-refractivity contribution >= 4 is 21.8 Å². The summed E-state index contributed by atoms with van der Waals surface area (Å²) in [5, 5.41) is 9.01. The molecular formula is C14H20N2O5S. The topological polar surface area (TPSA) is 95.9 Å². The Morgan fingerprint density at radius 1 is 1.36 bits per heavy atom. The average Bonchev–Trinajstić information content (AvgIpc) is 2.89. The Morgan fingerprint density at radius 3 is 2.59 bits per heavy atom. The zero-order chi connectivity index (χ0) is 16.2. The van der Waals surface area contributed by atoms with Gasteiger partial charge < -0.3 is 9.84 Å². The third-order valence-corrected chi connectivity index (χ3v) is 4.84. The van der Waals surface area contributed by atoms with Gasteiger partial charge in [-0.15, -0.1) is 0 Å². The van der Waals surface area contributed by atoms with Crippen molar-refractivity contribution in [3.05, 3.63) is 24.3 Å². The number of sulfonamides is 1. The summed E-state index contributed by atoms with van der Waals surface area (Å²) in [7, 11) is -3.53. The first-order chi connectivity index (χ1) is 10.5. The Hall–Kier alpha value is -1.64. The molecule has 7 nitrogen and oxygen atoms in total. The molecule has 1 aliphatic heterocycles. The first-order valence-electron chi connectivity index (χ1n) is 7.16. The van der Waals surface area contributed by atoms with Crippen LogP contribution in [-0.4, -0.2) is 45.4 Å². The molecule has 0 radical (unpaired) electrons. The van der Waals surface area contributed by atoms with E-state index < -0.39 is 22.2 Å². The second kappa shape index (κ2) is 7.08. The smallest absolute Gasteiger partial charge is 0.414 e. The summed E-state index contributed by atoms with van der Waals surface area (Å²) in [4.78, 5) is 13.2. The van der Waals surface area contributed by atoms with Gasteiger partial charge in [0.2, 0.25) is 10.0 Å². The average molecular weight is 328 g/mol. The van der Waals surface area contributed by atoms with Crippen molar-refractivity contribution in [3.63, 3.8) is 0 Å². The van der Waals surface area contributed by atoms with Crippen molar-refractivity contribution in [3.8, 4) is 0 Å². The molecule has 1 aliphatic rings. The van der Waals surface area contributed by atoms with Crippen LogP contribution in [-0.2, 0) is 14.8 Å². The Bertz CT molecular complexity index is 615. The summed E-state index contributed by atoms with van der Waals surface area (Å²) in [5.41, 5.74) is 0.536. The van der Waals surface area contributed by atoms with Crippen molar-refractivity contribution in [2.75, 3.05) is 24.6 Å². The van der Waals surface area contributed by atoms with Crippen LogP contribution >= 0.6 is 0 Å². The van der Waals surface area contributed by atoms with Gasteiger partial charge in [0.1, 0.15) is 6.10 Å². The highest BCUT2D eigenvalue weighted by molar-refractivity contribution is 7.89. The van der Waals surface area contributed by atoms with Gasteiger partial charge in [0.05, 0.1) is 18.0 Å². The first-order valence-corrected chi connectivity index (χ1v) is 8.65. The minimum absolute atomic E-state index is 0.152. The van der Waals surface area contributed by atoms with Crippen LogP contribution in [0.2, 0.25) is 0 Å². The van der Waals surface area contributed by atoms with E-state index in [0.717, 1.165) is 12.8 Å². The van der Waals surface area contributed by atoms with E-state index in [9.17, 15) is 13.2 Å². The van der Waals surface area contributed by atoms with Crippen molar-refractivity contribution in [1.29, 1.82) is 0 Å². The van der Waals surface area contributed by atoms with Gasteiger partial charge in [0.25, 0.3) is 0 Å². The predicted molar refractivity (Wildman–Crippen MR) is 81.2 cm³/mol. The number of cyclic esters (lactones) is 1. The second-order valence-corrected chi connectivity index (χ2v) is 6.81. The molecule has 2 rings (SSSR count). The monoisotopic (exact) mass is 328 g/mol. The van der Waals surface area contributed by atoms with Gasteiger partial charge in [-0.3, -0.25) is 4.90 Å². The number of anilines is 1. The van der Waals surface area contributed by atoms with Crippen LogP contribution < -0.4 is 9.62 Å². The lowest BCUT2D eigenvalue weighted by Gasteiger charge is -2.13. The van der Waals surface area contributed by atoms with E-state index in [-0.39, 0.29) is 18.0 Å². The molecule has 1 aromatic rings. The SMILES string of the molecule is CCCCNS(=O)(=O)c1ccc(N2CC(CO)OC2=O)cc1. The van der Waals surface area contributed by atoms with Crippen molar-refractivity contribution in [2.45, 2.75) is 30.8 Å². The summed E-state index contributed by atoms with van der Waals surface area (Å²) in [6.07, 6.45) is 0.590. The van der Waals surface area contributed by atoms with Gasteiger partial charge in [0, 0.05) is 12.2 Å². The fourth-order valence-corrected chi connectivity index (χ4v) is 3.17. The van der Waals surface area contributed by atoms with Crippen LogP contribution in [0.15, 0.2) is 29.2 Å². The molecule has 22 heavy (non-hydrogen) atoms. The lowest BCUT2D eigenvalue weighted by atomic mass is 10.3. The number of aliphatic hydroxyl groups is 1. The maximum atomic E-state index is 12.1. The number of aliphatic hydroxyl groups excluding tert-OH is 1. The highest BCUT2D eigenvalue weighted by Crippen LogP contribution is 2.23. The van der Waals surface area contributed by atoms with Crippen molar-refractivity contribution in [1.82, 2.24) is 4.72 Å². The quantitative estimate of drug-likeness (QED) is 0.730. The van der Waals surface area contributed by atoms with E-state index in [0.29, 0.717) is 12.2 Å². The highest BCUT2D eigenvalue weighted by Gasteiger charge is 2.31. The largest absolute Gasteiger partial charge is 0.441 e. The Labute approximate surface area is 129 Å². The molecule has 2 N–H and O–H groups in total. The van der Waals surface area contributed by atoms with Gasteiger partial charge in [-0.25, -0.2) is 17.9 Å². The predicted octanol–water partition coefficient (Wildman–Crippen LogP) is 1.08. The fraction of sp³-hybridized carbons (Fsp3) is 0.500. The fourth-order valence-electron chi connectivity index (χ4n) is 2.10. The molecule has 0 bridgehead atoms. The summed E-state index contributed by atoms with van der Waals surface area (Å²) >= 11 is 0. The molecule has 122 valence electrons. The minimum Gasteiger partial charge on any atom is -0.441 e. The first kappa shape index (κ1) is 16.7. The Balaban J connectivity index is 2.09. The molecule has 0 spiro atoms. The summed E-state index contributed by atoms with van der Waals surface area (Å²) in [5.74, 6) is 0. The molecule has 8 heteroatoms. The molecule has 1 atom stereocenters. The van der Waals surface area contributed by atoms with Gasteiger partial charge in [-0.2, -0.15) is 0 Å². The van der Waals surface area contributed by atoms with E-state index in [4.69, 9.17) is 9.84 Å². The van der Waals surface area contributed by atoms with Gasteiger partial charge in [0.15, 0.2) is 0 Å². The number of ether oxygens (including phenoxy) is 1. The summed E-state index contributed by atoms with van der Waals surface area (Å²) < 4.78 is 31.6. The lowest BCUT2D eigenvalue weighted by Crippen LogP contribution is -2.26. The molecule has 0 aromatic heterocycles. The van der Waals surface area contributed by atoms with E-state index in [1.165, 1.54) is 17.0 Å². The number of rotatable bonds is 7. The summed E-state index contributed by atoms with van der Waals surface area (Å²) in [6.45, 7) is 2.39. The van der Waals surface area contributed by atoms with Crippen molar-refractivity contribution in [2.24, 2.45) is 0 Å². The maximum absolute atomic E-state index is 12.1. The van der Waals surface area contributed by atoms with Gasteiger partial charge in [-0.05, 0) is 30.7 Å². The van der Waals surface area contributed by atoms with E-state index in [2.05, 4.69) is 4.72 Å². The molecule has 0 saturated carbocycles. The van der Waals surface area contributed by atoms with E-state index in [1.807, 2.05) is 6.92 Å². The van der Waals surface area contributed by atoms with Crippen LogP contribution in [0, 0.1) is 0 Å². The van der Waals surface area contributed by atoms with Crippen LogP contribution in [0.3, 0.4) is 0 Å².